The van der Waals surface area contributed by atoms with Crippen LogP contribution in [0.15, 0.2) is 42.5 Å². The highest BCUT2D eigenvalue weighted by Crippen LogP contribution is 2.38. The van der Waals surface area contributed by atoms with Gasteiger partial charge in [0.1, 0.15) is 11.6 Å². The van der Waals surface area contributed by atoms with Crippen molar-refractivity contribution >= 4 is 22.9 Å². The Labute approximate surface area is 167 Å². The van der Waals surface area contributed by atoms with Gasteiger partial charge in [0, 0.05) is 6.04 Å². The second-order valence-corrected chi connectivity index (χ2v) is 7.66. The molecular weight excluding hydrogens is 371 g/mol. The molecule has 6 nitrogen and oxygen atoms in total. The number of fused-ring (bicyclic) bond motifs is 1. The van der Waals surface area contributed by atoms with Crippen molar-refractivity contribution in [3.05, 3.63) is 59.4 Å². The smallest absolute Gasteiger partial charge is 0.229 e. The number of aromatic nitrogens is 2. The van der Waals surface area contributed by atoms with E-state index >= 15 is 0 Å². The Balaban J connectivity index is 1.66. The van der Waals surface area contributed by atoms with Crippen molar-refractivity contribution in [3.8, 4) is 6.07 Å². The van der Waals surface area contributed by atoms with E-state index in [9.17, 15) is 14.3 Å². The second-order valence-electron chi connectivity index (χ2n) is 7.66. The molecule has 2 aromatic carbocycles. The Hall–Kier alpha value is -3.24. The van der Waals surface area contributed by atoms with E-state index in [1.54, 1.807) is 41.8 Å². The summed E-state index contributed by atoms with van der Waals surface area (Å²) < 4.78 is 16.5. The molecule has 0 saturated heterocycles. The Morgan fingerprint density at radius 1 is 1.34 bits per heavy atom. The van der Waals surface area contributed by atoms with Crippen LogP contribution in [0.25, 0.3) is 11.0 Å². The van der Waals surface area contributed by atoms with E-state index in [-0.39, 0.29) is 29.5 Å². The average molecular weight is 392 g/mol. The van der Waals surface area contributed by atoms with Crippen LogP contribution in [-0.4, -0.2) is 20.6 Å². The maximum absolute atomic E-state index is 14.9. The molecule has 7 heteroatoms. The van der Waals surface area contributed by atoms with Crippen molar-refractivity contribution in [2.75, 3.05) is 5.32 Å². The van der Waals surface area contributed by atoms with Gasteiger partial charge in [-0.05, 0) is 43.9 Å². The maximum atomic E-state index is 14.9. The van der Waals surface area contributed by atoms with E-state index in [0.29, 0.717) is 11.1 Å². The highest BCUT2D eigenvalue weighted by molar-refractivity contribution is 5.92. The van der Waals surface area contributed by atoms with Crippen LogP contribution in [0.1, 0.15) is 49.8 Å². The quantitative estimate of drug-likeness (QED) is 0.686. The molecule has 3 aromatic rings. The van der Waals surface area contributed by atoms with E-state index < -0.39 is 17.3 Å². The normalized spacial score (nSPS) is 16.1. The highest BCUT2D eigenvalue weighted by atomic mass is 19.1. The van der Waals surface area contributed by atoms with Gasteiger partial charge >= 0.3 is 0 Å². The minimum absolute atomic E-state index is 0.0216. The molecule has 1 atom stereocenters. The van der Waals surface area contributed by atoms with Crippen molar-refractivity contribution in [2.24, 2.45) is 0 Å². The molecule has 1 fully saturated rings. The predicted octanol–water partition coefficient (Wildman–Crippen LogP) is 4.01. The SMILES string of the molecule is CC(O)(CC(=O)Nc1nc2ccc(C#N)c(F)c2n1C1CCC1)c1ccccc1. The van der Waals surface area contributed by atoms with Gasteiger partial charge in [-0.1, -0.05) is 30.3 Å². The lowest BCUT2D eigenvalue weighted by Crippen LogP contribution is -2.30. The molecule has 1 aliphatic rings. The maximum Gasteiger partial charge on any atom is 0.229 e. The van der Waals surface area contributed by atoms with E-state index in [4.69, 9.17) is 5.26 Å². The number of amides is 1. The van der Waals surface area contributed by atoms with Gasteiger partial charge in [-0.3, -0.25) is 10.1 Å². The predicted molar refractivity (Wildman–Crippen MR) is 107 cm³/mol. The van der Waals surface area contributed by atoms with Crippen LogP contribution < -0.4 is 5.32 Å². The molecule has 1 amide bonds. The molecule has 2 N–H and O–H groups in total. The molecule has 1 aromatic heterocycles. The fourth-order valence-electron chi connectivity index (χ4n) is 3.70. The zero-order valence-corrected chi connectivity index (χ0v) is 16.0. The second kappa shape index (κ2) is 7.30. The number of nitrogens with one attached hydrogen (secondary N) is 1. The van der Waals surface area contributed by atoms with Gasteiger partial charge in [0.15, 0.2) is 5.82 Å². The molecule has 1 aliphatic carbocycles. The Bertz CT molecular complexity index is 1110. The fraction of sp³-hybridized carbons (Fsp3) is 0.318. The number of aliphatic hydroxyl groups is 1. The van der Waals surface area contributed by atoms with E-state index in [1.165, 1.54) is 6.07 Å². The summed E-state index contributed by atoms with van der Waals surface area (Å²) in [5.74, 6) is -0.801. The van der Waals surface area contributed by atoms with Crippen molar-refractivity contribution in [3.63, 3.8) is 0 Å². The first-order chi connectivity index (χ1) is 13.9. The van der Waals surface area contributed by atoms with Gasteiger partial charge in [-0.15, -0.1) is 0 Å². The van der Waals surface area contributed by atoms with Gasteiger partial charge in [0.2, 0.25) is 11.9 Å². The largest absolute Gasteiger partial charge is 0.385 e. The van der Waals surface area contributed by atoms with Crippen molar-refractivity contribution < 1.29 is 14.3 Å². The Morgan fingerprint density at radius 3 is 2.69 bits per heavy atom. The van der Waals surface area contributed by atoms with E-state index in [0.717, 1.165) is 19.3 Å². The third-order valence-electron chi connectivity index (χ3n) is 5.50. The lowest BCUT2D eigenvalue weighted by Gasteiger charge is -2.29. The molecule has 1 heterocycles. The van der Waals surface area contributed by atoms with Crippen LogP contribution in [0, 0.1) is 17.1 Å². The number of imidazole rings is 1. The van der Waals surface area contributed by atoms with Crippen LogP contribution in [0.5, 0.6) is 0 Å². The van der Waals surface area contributed by atoms with Crippen LogP contribution >= 0.6 is 0 Å². The molecule has 1 unspecified atom stereocenters. The lowest BCUT2D eigenvalue weighted by atomic mass is 9.92. The van der Waals surface area contributed by atoms with Gasteiger partial charge < -0.3 is 9.67 Å². The number of hydrogen-bond donors (Lipinski definition) is 2. The number of carbonyl (C=O) groups is 1. The highest BCUT2D eigenvalue weighted by Gasteiger charge is 2.30. The zero-order valence-electron chi connectivity index (χ0n) is 16.0. The minimum Gasteiger partial charge on any atom is -0.385 e. The number of anilines is 1. The topological polar surface area (TPSA) is 90.9 Å². The molecule has 0 bridgehead atoms. The monoisotopic (exact) mass is 392 g/mol. The number of carbonyl (C=O) groups excluding carboxylic acids is 1. The summed E-state index contributed by atoms with van der Waals surface area (Å²) in [6.45, 7) is 1.58. The minimum atomic E-state index is -1.35. The summed E-state index contributed by atoms with van der Waals surface area (Å²) in [7, 11) is 0. The average Bonchev–Trinajstić information content (AvgIpc) is 2.99. The molecule has 0 aliphatic heterocycles. The number of rotatable bonds is 5. The van der Waals surface area contributed by atoms with E-state index in [1.807, 2.05) is 12.1 Å². The number of benzene rings is 2. The summed E-state index contributed by atoms with van der Waals surface area (Å²) in [5.41, 5.74) is -0.148. The number of hydrogen-bond acceptors (Lipinski definition) is 4. The summed E-state index contributed by atoms with van der Waals surface area (Å²) >= 11 is 0. The van der Waals surface area contributed by atoms with Gasteiger partial charge in [0.25, 0.3) is 0 Å². The molecule has 1 saturated carbocycles. The molecule has 29 heavy (non-hydrogen) atoms. The summed E-state index contributed by atoms with van der Waals surface area (Å²) in [4.78, 5) is 17.1. The van der Waals surface area contributed by atoms with Gasteiger partial charge in [-0.25, -0.2) is 9.37 Å². The summed E-state index contributed by atoms with van der Waals surface area (Å²) in [6.07, 6.45) is 2.55. The molecule has 0 radical (unpaired) electrons. The van der Waals surface area contributed by atoms with Crippen LogP contribution in [0.4, 0.5) is 10.3 Å². The first-order valence-corrected chi connectivity index (χ1v) is 9.59. The molecule has 4 rings (SSSR count). The fourth-order valence-corrected chi connectivity index (χ4v) is 3.70. The summed E-state index contributed by atoms with van der Waals surface area (Å²) in [5, 5.41) is 22.6. The first kappa shape index (κ1) is 19.1. The number of halogens is 1. The van der Waals surface area contributed by atoms with Crippen LogP contribution in [0.2, 0.25) is 0 Å². The van der Waals surface area contributed by atoms with Crippen LogP contribution in [0.3, 0.4) is 0 Å². The zero-order chi connectivity index (χ0) is 20.6. The third-order valence-corrected chi connectivity index (χ3v) is 5.50. The number of nitriles is 1. The van der Waals surface area contributed by atoms with Gasteiger partial charge in [0.05, 0.1) is 23.1 Å². The Kier molecular flexibility index (Phi) is 4.81. The van der Waals surface area contributed by atoms with Gasteiger partial charge in [-0.2, -0.15) is 5.26 Å². The van der Waals surface area contributed by atoms with Crippen LogP contribution in [-0.2, 0) is 10.4 Å². The standard InChI is InChI=1S/C22H21FN4O2/c1-22(29,15-6-3-2-4-7-15)12-18(28)26-21-25-17-11-10-14(13-24)19(23)20(17)27(21)16-8-5-9-16/h2-4,6-7,10-11,16,29H,5,8-9,12H2,1H3,(H,25,26,28). The molecule has 148 valence electrons. The van der Waals surface area contributed by atoms with Crippen molar-refractivity contribution in [1.29, 1.82) is 5.26 Å². The Morgan fingerprint density at radius 2 is 2.07 bits per heavy atom. The lowest BCUT2D eigenvalue weighted by molar-refractivity contribution is -0.120. The molecular formula is C22H21FN4O2. The third kappa shape index (κ3) is 3.47. The molecule has 0 spiro atoms. The summed E-state index contributed by atoms with van der Waals surface area (Å²) in [6, 6.07) is 13.8. The number of nitrogens with zero attached hydrogens (tertiary/aromatic N) is 3. The van der Waals surface area contributed by atoms with Crippen molar-refractivity contribution in [2.45, 2.75) is 44.2 Å². The van der Waals surface area contributed by atoms with E-state index in [2.05, 4.69) is 10.3 Å². The van der Waals surface area contributed by atoms with Crippen molar-refractivity contribution in [1.82, 2.24) is 9.55 Å². The first-order valence-electron chi connectivity index (χ1n) is 9.59.